The lowest BCUT2D eigenvalue weighted by atomic mass is 10.2. The van der Waals surface area contributed by atoms with E-state index in [0.717, 1.165) is 0 Å². The van der Waals surface area contributed by atoms with Gasteiger partial charge in [0.15, 0.2) is 0 Å². The average molecular weight is 298 g/mol. The molecular formula is C14H22N2O5. The van der Waals surface area contributed by atoms with Crippen LogP contribution in [-0.4, -0.2) is 40.3 Å². The molecule has 0 radical (unpaired) electrons. The highest BCUT2D eigenvalue weighted by Gasteiger charge is 2.60. The second-order valence-electron chi connectivity index (χ2n) is 6.18. The quantitative estimate of drug-likeness (QED) is 0.658. The molecule has 0 aromatic carbocycles. The molecule has 0 heterocycles. The monoisotopic (exact) mass is 298 g/mol. The van der Waals surface area contributed by atoms with Crippen LogP contribution in [0.3, 0.4) is 0 Å². The molecule has 0 aliphatic heterocycles. The summed E-state index contributed by atoms with van der Waals surface area (Å²) in [4.78, 5) is 34.8. The molecule has 0 spiro atoms. The van der Waals surface area contributed by atoms with Gasteiger partial charge in [0.05, 0.1) is 0 Å². The number of carbonyl (C=O) groups excluding carboxylic acids is 2. The van der Waals surface area contributed by atoms with Crippen molar-refractivity contribution >= 4 is 18.0 Å². The Morgan fingerprint density at radius 2 is 2.00 bits per heavy atom. The zero-order valence-electron chi connectivity index (χ0n) is 12.7. The molecule has 1 rings (SSSR count). The van der Waals surface area contributed by atoms with Crippen molar-refractivity contribution in [3.63, 3.8) is 0 Å². The van der Waals surface area contributed by atoms with Crippen LogP contribution in [0.2, 0.25) is 0 Å². The Hall–Kier alpha value is -2.05. The zero-order chi connectivity index (χ0) is 16.4. The zero-order valence-corrected chi connectivity index (χ0v) is 12.7. The lowest BCUT2D eigenvalue weighted by Gasteiger charge is -2.22. The summed E-state index contributed by atoms with van der Waals surface area (Å²) in [7, 11) is 0. The number of amides is 2. The van der Waals surface area contributed by atoms with Crippen LogP contribution in [0.4, 0.5) is 4.79 Å². The van der Waals surface area contributed by atoms with Crippen molar-refractivity contribution in [2.45, 2.75) is 51.3 Å². The number of hydrogen-bond donors (Lipinski definition) is 3. The van der Waals surface area contributed by atoms with Gasteiger partial charge in [-0.2, -0.15) is 0 Å². The molecule has 1 fully saturated rings. The summed E-state index contributed by atoms with van der Waals surface area (Å²) in [6.45, 7) is 10.1. The van der Waals surface area contributed by atoms with Gasteiger partial charge in [-0.25, -0.2) is 9.59 Å². The van der Waals surface area contributed by atoms with Crippen molar-refractivity contribution in [1.82, 2.24) is 10.6 Å². The minimum atomic E-state index is -1.30. The number of carboxylic acids is 1. The SMILES string of the molecule is C=C[C@H]1C[C@@]1(NC(=O)[C@H](C)NC(=O)OC(C)(C)C)C(=O)O. The van der Waals surface area contributed by atoms with E-state index in [-0.39, 0.29) is 5.92 Å². The summed E-state index contributed by atoms with van der Waals surface area (Å²) in [5.74, 6) is -1.98. The van der Waals surface area contributed by atoms with E-state index in [0.29, 0.717) is 6.42 Å². The van der Waals surface area contributed by atoms with Gasteiger partial charge >= 0.3 is 12.1 Å². The van der Waals surface area contributed by atoms with Gasteiger partial charge in [0.1, 0.15) is 17.2 Å². The summed E-state index contributed by atoms with van der Waals surface area (Å²) in [5, 5.41) is 14.0. The minimum absolute atomic E-state index is 0.298. The number of ether oxygens (including phenoxy) is 1. The molecule has 1 aliphatic carbocycles. The van der Waals surface area contributed by atoms with Crippen molar-refractivity contribution in [1.29, 1.82) is 0 Å². The highest BCUT2D eigenvalue weighted by atomic mass is 16.6. The van der Waals surface area contributed by atoms with Crippen molar-refractivity contribution in [3.8, 4) is 0 Å². The van der Waals surface area contributed by atoms with Crippen LogP contribution in [-0.2, 0) is 14.3 Å². The fourth-order valence-corrected chi connectivity index (χ4v) is 1.89. The van der Waals surface area contributed by atoms with E-state index in [1.54, 1.807) is 20.8 Å². The lowest BCUT2D eigenvalue weighted by Crippen LogP contribution is -2.53. The molecule has 7 heteroatoms. The van der Waals surface area contributed by atoms with Crippen LogP contribution in [0.5, 0.6) is 0 Å². The Labute approximate surface area is 123 Å². The van der Waals surface area contributed by atoms with Crippen LogP contribution in [0.1, 0.15) is 34.1 Å². The fourth-order valence-electron chi connectivity index (χ4n) is 1.89. The van der Waals surface area contributed by atoms with Gasteiger partial charge < -0.3 is 20.5 Å². The van der Waals surface area contributed by atoms with Crippen LogP contribution < -0.4 is 10.6 Å². The van der Waals surface area contributed by atoms with E-state index in [1.165, 1.54) is 13.0 Å². The van der Waals surface area contributed by atoms with Crippen molar-refractivity contribution in [2.24, 2.45) is 5.92 Å². The van der Waals surface area contributed by atoms with E-state index in [1.807, 2.05) is 0 Å². The van der Waals surface area contributed by atoms with Crippen LogP contribution in [0.25, 0.3) is 0 Å². The summed E-state index contributed by atoms with van der Waals surface area (Å²) in [6.07, 6.45) is 1.07. The number of alkyl carbamates (subject to hydrolysis) is 1. The van der Waals surface area contributed by atoms with E-state index in [4.69, 9.17) is 4.74 Å². The van der Waals surface area contributed by atoms with Gasteiger partial charge in [0.25, 0.3) is 0 Å². The summed E-state index contributed by atoms with van der Waals surface area (Å²) < 4.78 is 5.03. The third-order valence-electron chi connectivity index (χ3n) is 3.15. The van der Waals surface area contributed by atoms with Gasteiger partial charge in [0.2, 0.25) is 5.91 Å². The Balaban J connectivity index is 2.58. The normalized spacial score (nSPS) is 25.4. The van der Waals surface area contributed by atoms with Crippen molar-refractivity contribution in [3.05, 3.63) is 12.7 Å². The highest BCUT2D eigenvalue weighted by molar-refractivity contribution is 5.93. The number of carbonyl (C=O) groups is 3. The average Bonchev–Trinajstić information content (AvgIpc) is 3.01. The van der Waals surface area contributed by atoms with Gasteiger partial charge in [-0.15, -0.1) is 6.58 Å². The standard InChI is InChI=1S/C14H22N2O5/c1-6-9-7-14(9,11(18)19)16-10(17)8(2)15-12(20)21-13(3,4)5/h6,8-9H,1,7H2,2-5H3,(H,15,20)(H,16,17)(H,18,19)/t8-,9-,14-/m0/s1. The van der Waals surface area contributed by atoms with Crippen molar-refractivity contribution < 1.29 is 24.2 Å². The highest BCUT2D eigenvalue weighted by Crippen LogP contribution is 2.44. The Kier molecular flexibility index (Phi) is 4.65. The minimum Gasteiger partial charge on any atom is -0.479 e. The van der Waals surface area contributed by atoms with Gasteiger partial charge in [-0.05, 0) is 34.1 Å². The Morgan fingerprint density at radius 3 is 2.38 bits per heavy atom. The first kappa shape index (κ1) is 17.0. The fraction of sp³-hybridized carbons (Fsp3) is 0.643. The first-order chi connectivity index (χ1) is 9.51. The number of rotatable bonds is 5. The largest absolute Gasteiger partial charge is 0.479 e. The molecule has 0 aromatic rings. The van der Waals surface area contributed by atoms with Crippen molar-refractivity contribution in [2.75, 3.05) is 0 Å². The first-order valence-electron chi connectivity index (χ1n) is 6.69. The predicted molar refractivity (Wildman–Crippen MR) is 75.6 cm³/mol. The van der Waals surface area contributed by atoms with E-state index < -0.39 is 35.2 Å². The molecule has 7 nitrogen and oxygen atoms in total. The van der Waals surface area contributed by atoms with Gasteiger partial charge in [-0.1, -0.05) is 6.08 Å². The van der Waals surface area contributed by atoms with E-state index >= 15 is 0 Å². The third-order valence-corrected chi connectivity index (χ3v) is 3.15. The smallest absolute Gasteiger partial charge is 0.408 e. The summed E-state index contributed by atoms with van der Waals surface area (Å²) in [5.41, 5.74) is -1.98. The van der Waals surface area contributed by atoms with E-state index in [9.17, 15) is 19.5 Å². The molecule has 118 valence electrons. The second-order valence-corrected chi connectivity index (χ2v) is 6.18. The Bertz CT molecular complexity index is 468. The molecule has 1 saturated carbocycles. The maximum absolute atomic E-state index is 12.0. The van der Waals surface area contributed by atoms with Crippen LogP contribution in [0.15, 0.2) is 12.7 Å². The number of carboxylic acid groups (broad SMARTS) is 1. The predicted octanol–water partition coefficient (Wildman–Crippen LogP) is 1.05. The molecule has 0 aromatic heterocycles. The maximum atomic E-state index is 12.0. The topological polar surface area (TPSA) is 105 Å². The molecule has 0 saturated heterocycles. The second kappa shape index (κ2) is 5.75. The van der Waals surface area contributed by atoms with Gasteiger partial charge in [0, 0.05) is 5.92 Å². The molecule has 1 aliphatic rings. The number of nitrogens with one attached hydrogen (secondary N) is 2. The van der Waals surface area contributed by atoms with E-state index in [2.05, 4.69) is 17.2 Å². The third kappa shape index (κ3) is 4.21. The summed E-state index contributed by atoms with van der Waals surface area (Å²) >= 11 is 0. The number of aliphatic carboxylic acids is 1. The Morgan fingerprint density at radius 1 is 1.43 bits per heavy atom. The van der Waals surface area contributed by atoms with Crippen LogP contribution >= 0.6 is 0 Å². The summed E-state index contributed by atoms with van der Waals surface area (Å²) in [6, 6.07) is -0.901. The molecule has 0 unspecified atom stereocenters. The molecule has 21 heavy (non-hydrogen) atoms. The molecule has 3 atom stereocenters. The maximum Gasteiger partial charge on any atom is 0.408 e. The molecule has 2 amide bonds. The lowest BCUT2D eigenvalue weighted by molar-refractivity contribution is -0.143. The molecular weight excluding hydrogens is 276 g/mol. The van der Waals surface area contributed by atoms with Gasteiger partial charge in [-0.3, -0.25) is 4.79 Å². The first-order valence-corrected chi connectivity index (χ1v) is 6.69. The molecule has 0 bridgehead atoms. The van der Waals surface area contributed by atoms with Crippen LogP contribution in [0, 0.1) is 5.92 Å². The molecule has 3 N–H and O–H groups in total. The number of hydrogen-bond acceptors (Lipinski definition) is 4.